The van der Waals surface area contributed by atoms with Crippen LogP contribution in [0.1, 0.15) is 19.4 Å². The molecule has 0 amide bonds. The van der Waals surface area contributed by atoms with E-state index in [0.29, 0.717) is 11.2 Å². The molecule has 1 aromatic carbocycles. The first-order valence-electron chi connectivity index (χ1n) is 8.87. The summed E-state index contributed by atoms with van der Waals surface area (Å²) in [5.74, 6) is 4.59. The van der Waals surface area contributed by atoms with E-state index in [1.54, 1.807) is 14.2 Å². The van der Waals surface area contributed by atoms with Gasteiger partial charge in [-0.05, 0) is 36.1 Å². The Labute approximate surface area is 156 Å². The van der Waals surface area contributed by atoms with Gasteiger partial charge < -0.3 is 19.7 Å². The number of hydrogen-bond donors (Lipinski definition) is 1. The van der Waals surface area contributed by atoms with Crippen molar-refractivity contribution in [1.82, 2.24) is 10.2 Å². The van der Waals surface area contributed by atoms with E-state index < -0.39 is 0 Å². The Kier molecular flexibility index (Phi) is 7.75. The summed E-state index contributed by atoms with van der Waals surface area (Å²) in [6.07, 6.45) is 0.857. The molecule has 1 saturated heterocycles. The van der Waals surface area contributed by atoms with Crippen molar-refractivity contribution in [2.45, 2.75) is 25.5 Å². The number of aliphatic imine (C=N–C) groups is 1. The number of hydrogen-bond acceptors (Lipinski definition) is 4. The number of ether oxygens (including phenoxy) is 2. The molecular weight excluding hydrogens is 334 g/mol. The van der Waals surface area contributed by atoms with Gasteiger partial charge in [0.05, 0.1) is 14.2 Å². The van der Waals surface area contributed by atoms with Gasteiger partial charge in [-0.15, -0.1) is 0 Å². The minimum absolute atomic E-state index is 0.672. The highest BCUT2D eigenvalue weighted by molar-refractivity contribution is 8.00. The van der Waals surface area contributed by atoms with E-state index >= 15 is 0 Å². The van der Waals surface area contributed by atoms with E-state index in [9.17, 15) is 0 Å². The van der Waals surface area contributed by atoms with Gasteiger partial charge in [0.2, 0.25) is 0 Å². The van der Waals surface area contributed by atoms with Gasteiger partial charge >= 0.3 is 0 Å². The topological polar surface area (TPSA) is 46.1 Å². The van der Waals surface area contributed by atoms with E-state index in [1.165, 1.54) is 0 Å². The molecule has 1 aromatic rings. The molecule has 1 fully saturated rings. The summed E-state index contributed by atoms with van der Waals surface area (Å²) < 4.78 is 10.8. The van der Waals surface area contributed by atoms with Gasteiger partial charge in [0.15, 0.2) is 5.96 Å². The van der Waals surface area contributed by atoms with Gasteiger partial charge in [0, 0.05) is 37.7 Å². The highest BCUT2D eigenvalue weighted by Gasteiger charge is 2.24. The van der Waals surface area contributed by atoms with Crippen LogP contribution in [0.25, 0.3) is 0 Å². The molecular formula is C19H31N3O2S. The van der Waals surface area contributed by atoms with Crippen molar-refractivity contribution in [3.8, 4) is 11.5 Å². The first-order valence-corrected chi connectivity index (χ1v) is 9.92. The van der Waals surface area contributed by atoms with E-state index in [4.69, 9.17) is 9.47 Å². The van der Waals surface area contributed by atoms with Crippen molar-refractivity contribution in [2.75, 3.05) is 46.7 Å². The Morgan fingerprint density at radius 3 is 2.80 bits per heavy atom. The monoisotopic (exact) mass is 365 g/mol. The molecule has 0 aliphatic carbocycles. The van der Waals surface area contributed by atoms with Crippen molar-refractivity contribution < 1.29 is 9.47 Å². The fraction of sp³-hybridized carbons (Fsp3) is 0.632. The predicted molar refractivity (Wildman–Crippen MR) is 107 cm³/mol. The van der Waals surface area contributed by atoms with Crippen LogP contribution in [0.3, 0.4) is 0 Å². The van der Waals surface area contributed by atoms with Crippen LogP contribution in [-0.2, 0) is 6.42 Å². The Morgan fingerprint density at radius 2 is 2.16 bits per heavy atom. The number of guanidine groups is 1. The first kappa shape index (κ1) is 19.8. The zero-order valence-electron chi connectivity index (χ0n) is 16.0. The van der Waals surface area contributed by atoms with Crippen LogP contribution >= 0.6 is 11.8 Å². The van der Waals surface area contributed by atoms with E-state index in [0.717, 1.165) is 54.8 Å². The molecule has 6 heteroatoms. The molecule has 0 saturated carbocycles. The minimum atomic E-state index is 0.672. The average molecular weight is 366 g/mol. The zero-order chi connectivity index (χ0) is 18.2. The van der Waals surface area contributed by atoms with E-state index in [2.05, 4.69) is 40.8 Å². The zero-order valence-corrected chi connectivity index (χ0v) is 16.9. The number of benzene rings is 1. The molecule has 5 nitrogen and oxygen atoms in total. The van der Waals surface area contributed by atoms with Crippen LogP contribution in [-0.4, -0.2) is 62.8 Å². The van der Waals surface area contributed by atoms with Crippen LogP contribution in [0.5, 0.6) is 11.5 Å². The maximum absolute atomic E-state index is 5.46. The fourth-order valence-corrected chi connectivity index (χ4v) is 4.29. The fourth-order valence-electron chi connectivity index (χ4n) is 2.99. The largest absolute Gasteiger partial charge is 0.497 e. The third-order valence-corrected chi connectivity index (χ3v) is 6.05. The SMILES string of the molecule is CN=C(NCCc1cc(OC)ccc1OC)N1CCSC(C(C)C)C1. The van der Waals surface area contributed by atoms with Gasteiger partial charge in [0.25, 0.3) is 0 Å². The lowest BCUT2D eigenvalue weighted by molar-refractivity contribution is 0.380. The molecule has 1 heterocycles. The molecule has 2 rings (SSSR count). The lowest BCUT2D eigenvalue weighted by Gasteiger charge is -2.36. The maximum atomic E-state index is 5.46. The lowest BCUT2D eigenvalue weighted by atomic mass is 10.1. The predicted octanol–water partition coefficient (Wildman–Crippen LogP) is 2.90. The molecule has 0 aromatic heterocycles. The van der Waals surface area contributed by atoms with Crippen LogP contribution in [0.15, 0.2) is 23.2 Å². The molecule has 1 aliphatic rings. The van der Waals surface area contributed by atoms with Gasteiger partial charge in [-0.25, -0.2) is 0 Å². The number of methoxy groups -OCH3 is 2. The summed E-state index contributed by atoms with van der Waals surface area (Å²) in [5, 5.41) is 4.18. The number of nitrogens with one attached hydrogen (secondary N) is 1. The summed E-state index contributed by atoms with van der Waals surface area (Å²) >= 11 is 2.08. The summed E-state index contributed by atoms with van der Waals surface area (Å²) in [4.78, 5) is 6.86. The van der Waals surface area contributed by atoms with Crippen molar-refractivity contribution in [3.05, 3.63) is 23.8 Å². The second-order valence-electron chi connectivity index (χ2n) is 6.50. The Hall–Kier alpha value is -1.56. The summed E-state index contributed by atoms with van der Waals surface area (Å²) in [6, 6.07) is 5.92. The minimum Gasteiger partial charge on any atom is -0.497 e. The van der Waals surface area contributed by atoms with Crippen molar-refractivity contribution in [1.29, 1.82) is 0 Å². The Balaban J connectivity index is 1.93. The van der Waals surface area contributed by atoms with Crippen molar-refractivity contribution in [2.24, 2.45) is 10.9 Å². The maximum Gasteiger partial charge on any atom is 0.193 e. The normalized spacial score (nSPS) is 18.4. The highest BCUT2D eigenvalue weighted by Crippen LogP contribution is 2.25. The highest BCUT2D eigenvalue weighted by atomic mass is 32.2. The Bertz CT molecular complexity index is 578. The summed E-state index contributed by atoms with van der Waals surface area (Å²) in [7, 11) is 5.25. The average Bonchev–Trinajstić information content (AvgIpc) is 2.65. The standard InChI is InChI=1S/C19H31N3O2S/c1-14(2)18-13-22(10-11-25-18)19(20-3)21-9-8-15-12-16(23-4)6-7-17(15)24-5/h6-7,12,14,18H,8-11,13H2,1-5H3,(H,20,21). The van der Waals surface area contributed by atoms with Gasteiger partial charge in [-0.3, -0.25) is 4.99 Å². The van der Waals surface area contributed by atoms with Crippen LogP contribution in [0.2, 0.25) is 0 Å². The van der Waals surface area contributed by atoms with Gasteiger partial charge in [0.1, 0.15) is 11.5 Å². The molecule has 1 unspecified atom stereocenters. The molecule has 25 heavy (non-hydrogen) atoms. The van der Waals surface area contributed by atoms with E-state index in [-0.39, 0.29) is 0 Å². The van der Waals surface area contributed by atoms with Gasteiger partial charge in [-0.1, -0.05) is 13.8 Å². The molecule has 0 bridgehead atoms. The second-order valence-corrected chi connectivity index (χ2v) is 7.85. The van der Waals surface area contributed by atoms with Crippen molar-refractivity contribution in [3.63, 3.8) is 0 Å². The van der Waals surface area contributed by atoms with E-state index in [1.807, 2.05) is 25.2 Å². The smallest absolute Gasteiger partial charge is 0.193 e. The summed E-state index contributed by atoms with van der Waals surface area (Å²) in [5.41, 5.74) is 1.14. The third-order valence-electron chi connectivity index (χ3n) is 4.51. The van der Waals surface area contributed by atoms with Gasteiger partial charge in [-0.2, -0.15) is 11.8 Å². The number of nitrogens with zero attached hydrogens (tertiary/aromatic N) is 2. The molecule has 0 radical (unpaired) electrons. The first-order chi connectivity index (χ1) is 12.1. The molecule has 1 N–H and O–H groups in total. The number of thioether (sulfide) groups is 1. The summed E-state index contributed by atoms with van der Waals surface area (Å²) in [6.45, 7) is 7.52. The second kappa shape index (κ2) is 9.80. The lowest BCUT2D eigenvalue weighted by Crippen LogP contribution is -2.49. The molecule has 1 atom stereocenters. The van der Waals surface area contributed by atoms with Crippen molar-refractivity contribution >= 4 is 17.7 Å². The van der Waals surface area contributed by atoms with Crippen LogP contribution < -0.4 is 14.8 Å². The molecule has 1 aliphatic heterocycles. The van der Waals surface area contributed by atoms with Crippen LogP contribution in [0.4, 0.5) is 0 Å². The molecule has 140 valence electrons. The number of rotatable bonds is 6. The third kappa shape index (κ3) is 5.46. The molecule has 0 spiro atoms. The Morgan fingerprint density at radius 1 is 1.36 bits per heavy atom. The quantitative estimate of drug-likeness (QED) is 0.620. The van der Waals surface area contributed by atoms with Crippen LogP contribution in [0, 0.1) is 5.92 Å².